The van der Waals surface area contributed by atoms with Crippen molar-refractivity contribution < 1.29 is 0 Å². The van der Waals surface area contributed by atoms with Gasteiger partial charge in [-0.1, -0.05) is 19.3 Å². The smallest absolute Gasteiger partial charge is 0.170 e. The van der Waals surface area contributed by atoms with Gasteiger partial charge in [-0.25, -0.2) is 0 Å². The Bertz CT molecular complexity index is 333. The summed E-state index contributed by atoms with van der Waals surface area (Å²) in [6.07, 6.45) is 9.97. The lowest BCUT2D eigenvalue weighted by atomic mass is 9.96. The molecule has 0 radical (unpaired) electrons. The van der Waals surface area contributed by atoms with Gasteiger partial charge in [-0.3, -0.25) is 4.98 Å². The van der Waals surface area contributed by atoms with Crippen LogP contribution in [0.4, 0.5) is 5.69 Å². The van der Waals surface area contributed by atoms with E-state index in [1.165, 1.54) is 32.1 Å². The minimum absolute atomic E-state index is 0.551. The fraction of sp³-hybridized carbons (Fsp3) is 0.500. The lowest BCUT2D eigenvalue weighted by molar-refractivity contribution is 0.415. The zero-order valence-corrected chi connectivity index (χ0v) is 10.1. The topological polar surface area (TPSA) is 37.0 Å². The molecule has 16 heavy (non-hydrogen) atoms. The molecule has 0 spiro atoms. The van der Waals surface area contributed by atoms with Gasteiger partial charge in [0, 0.05) is 24.1 Å². The fourth-order valence-corrected chi connectivity index (χ4v) is 2.32. The van der Waals surface area contributed by atoms with Gasteiger partial charge >= 0.3 is 0 Å². The summed E-state index contributed by atoms with van der Waals surface area (Å²) < 4.78 is 0. The highest BCUT2D eigenvalue weighted by Gasteiger charge is 2.13. The zero-order chi connectivity index (χ0) is 11.2. The van der Waals surface area contributed by atoms with E-state index >= 15 is 0 Å². The molecule has 3 nitrogen and oxygen atoms in total. The summed E-state index contributed by atoms with van der Waals surface area (Å²) in [5, 5.41) is 7.26. The van der Waals surface area contributed by atoms with E-state index in [2.05, 4.69) is 15.6 Å². The highest BCUT2D eigenvalue weighted by atomic mass is 32.1. The largest absolute Gasteiger partial charge is 0.360 e. The van der Waals surface area contributed by atoms with Crippen LogP contribution in [0.1, 0.15) is 32.1 Å². The average Bonchev–Trinajstić information content (AvgIpc) is 2.31. The quantitative estimate of drug-likeness (QED) is 0.773. The molecule has 1 aromatic rings. The summed E-state index contributed by atoms with van der Waals surface area (Å²) in [4.78, 5) is 3.96. The predicted molar refractivity (Wildman–Crippen MR) is 70.5 cm³/mol. The first-order valence-corrected chi connectivity index (χ1v) is 6.23. The maximum atomic E-state index is 5.27. The highest BCUT2D eigenvalue weighted by Crippen LogP contribution is 2.17. The van der Waals surface area contributed by atoms with E-state index in [0.29, 0.717) is 6.04 Å². The zero-order valence-electron chi connectivity index (χ0n) is 9.28. The summed E-state index contributed by atoms with van der Waals surface area (Å²) in [6.45, 7) is 0. The summed E-state index contributed by atoms with van der Waals surface area (Å²) in [7, 11) is 0. The molecule has 1 fully saturated rings. The predicted octanol–water partition coefficient (Wildman–Crippen LogP) is 2.70. The van der Waals surface area contributed by atoms with Gasteiger partial charge in [0.2, 0.25) is 0 Å². The Labute approximate surface area is 102 Å². The SMILES string of the molecule is S=C(Nc1ccncc1)NC1CCCCC1. The van der Waals surface area contributed by atoms with Gasteiger partial charge in [-0.05, 0) is 37.2 Å². The molecule has 0 aromatic carbocycles. The maximum absolute atomic E-state index is 5.27. The van der Waals surface area contributed by atoms with Crippen LogP contribution in [0.15, 0.2) is 24.5 Å². The van der Waals surface area contributed by atoms with Crippen LogP contribution in [0.5, 0.6) is 0 Å². The Morgan fingerprint density at radius 2 is 1.88 bits per heavy atom. The molecule has 4 heteroatoms. The average molecular weight is 235 g/mol. The molecule has 0 aliphatic heterocycles. The molecule has 2 rings (SSSR count). The summed E-state index contributed by atoms with van der Waals surface area (Å²) >= 11 is 5.27. The van der Waals surface area contributed by atoms with Gasteiger partial charge in [0.1, 0.15) is 0 Å². The van der Waals surface area contributed by atoms with Crippen LogP contribution in [0.3, 0.4) is 0 Å². The van der Waals surface area contributed by atoms with E-state index in [4.69, 9.17) is 12.2 Å². The third-order valence-corrected chi connectivity index (χ3v) is 3.10. The minimum Gasteiger partial charge on any atom is -0.360 e. The molecule has 1 aliphatic rings. The Balaban J connectivity index is 1.80. The summed E-state index contributed by atoms with van der Waals surface area (Å²) in [6, 6.07) is 4.37. The molecule has 0 saturated heterocycles. The van der Waals surface area contributed by atoms with E-state index in [-0.39, 0.29) is 0 Å². The Hall–Kier alpha value is -1.16. The highest BCUT2D eigenvalue weighted by molar-refractivity contribution is 7.80. The molecule has 1 aromatic heterocycles. The van der Waals surface area contributed by atoms with Crippen LogP contribution in [-0.2, 0) is 0 Å². The number of rotatable bonds is 2. The first kappa shape index (κ1) is 11.3. The Kier molecular flexibility index (Phi) is 4.10. The maximum Gasteiger partial charge on any atom is 0.170 e. The van der Waals surface area contributed by atoms with Gasteiger partial charge in [0.15, 0.2) is 5.11 Å². The standard InChI is InChI=1S/C12H17N3S/c16-12(14-10-4-2-1-3-5-10)15-11-6-8-13-9-7-11/h6-10H,1-5H2,(H2,13,14,15,16). The number of nitrogens with one attached hydrogen (secondary N) is 2. The first-order chi connectivity index (χ1) is 7.84. The third-order valence-electron chi connectivity index (χ3n) is 2.88. The second-order valence-electron chi connectivity index (χ2n) is 4.17. The van der Waals surface area contributed by atoms with Gasteiger partial charge in [-0.2, -0.15) is 0 Å². The van der Waals surface area contributed by atoms with Crippen LogP contribution in [-0.4, -0.2) is 16.1 Å². The second-order valence-corrected chi connectivity index (χ2v) is 4.58. The van der Waals surface area contributed by atoms with Crippen LogP contribution in [0.2, 0.25) is 0 Å². The molecule has 86 valence electrons. The van der Waals surface area contributed by atoms with Crippen molar-refractivity contribution in [3.05, 3.63) is 24.5 Å². The molecule has 0 amide bonds. The molecule has 2 N–H and O–H groups in total. The van der Waals surface area contributed by atoms with Gasteiger partial charge < -0.3 is 10.6 Å². The minimum atomic E-state index is 0.551. The van der Waals surface area contributed by atoms with Gasteiger partial charge in [0.25, 0.3) is 0 Å². The van der Waals surface area contributed by atoms with E-state index in [1.807, 2.05) is 12.1 Å². The number of anilines is 1. The summed E-state index contributed by atoms with van der Waals surface area (Å²) in [5.41, 5.74) is 0.989. The normalized spacial score (nSPS) is 16.8. The van der Waals surface area contributed by atoms with Crippen molar-refractivity contribution in [1.29, 1.82) is 0 Å². The first-order valence-electron chi connectivity index (χ1n) is 5.82. The third kappa shape index (κ3) is 3.45. The fourth-order valence-electron chi connectivity index (χ4n) is 2.03. The number of thiocarbonyl (C=S) groups is 1. The molecule has 0 bridgehead atoms. The Morgan fingerprint density at radius 1 is 1.19 bits per heavy atom. The number of aromatic nitrogens is 1. The molecule has 1 aliphatic carbocycles. The summed E-state index contributed by atoms with van der Waals surface area (Å²) in [5.74, 6) is 0. The van der Waals surface area contributed by atoms with Crippen molar-refractivity contribution in [1.82, 2.24) is 10.3 Å². The van der Waals surface area contributed by atoms with Crippen LogP contribution in [0, 0.1) is 0 Å². The van der Waals surface area contributed by atoms with Crippen LogP contribution < -0.4 is 10.6 Å². The van der Waals surface area contributed by atoms with Crippen molar-refractivity contribution in [2.75, 3.05) is 5.32 Å². The lowest BCUT2D eigenvalue weighted by Crippen LogP contribution is -2.38. The van der Waals surface area contributed by atoms with Crippen LogP contribution >= 0.6 is 12.2 Å². The van der Waals surface area contributed by atoms with E-state index in [1.54, 1.807) is 12.4 Å². The van der Waals surface area contributed by atoms with E-state index in [9.17, 15) is 0 Å². The van der Waals surface area contributed by atoms with Crippen molar-refractivity contribution >= 4 is 23.0 Å². The van der Waals surface area contributed by atoms with E-state index in [0.717, 1.165) is 10.8 Å². The van der Waals surface area contributed by atoms with Crippen molar-refractivity contribution in [3.63, 3.8) is 0 Å². The van der Waals surface area contributed by atoms with Crippen molar-refractivity contribution in [2.24, 2.45) is 0 Å². The number of nitrogens with zero attached hydrogens (tertiary/aromatic N) is 1. The van der Waals surface area contributed by atoms with Crippen LogP contribution in [0.25, 0.3) is 0 Å². The van der Waals surface area contributed by atoms with Crippen molar-refractivity contribution in [3.8, 4) is 0 Å². The number of hydrogen-bond donors (Lipinski definition) is 2. The lowest BCUT2D eigenvalue weighted by Gasteiger charge is -2.24. The molecular formula is C12H17N3S. The molecule has 0 unspecified atom stereocenters. The molecule has 1 heterocycles. The van der Waals surface area contributed by atoms with Gasteiger partial charge in [-0.15, -0.1) is 0 Å². The molecule has 0 atom stereocenters. The van der Waals surface area contributed by atoms with Gasteiger partial charge in [0.05, 0.1) is 0 Å². The monoisotopic (exact) mass is 235 g/mol. The number of hydrogen-bond acceptors (Lipinski definition) is 2. The van der Waals surface area contributed by atoms with Crippen molar-refractivity contribution in [2.45, 2.75) is 38.1 Å². The van der Waals surface area contributed by atoms with E-state index < -0.39 is 0 Å². The number of pyridine rings is 1. The Morgan fingerprint density at radius 3 is 2.56 bits per heavy atom. The molecular weight excluding hydrogens is 218 g/mol. The second kappa shape index (κ2) is 5.80. The molecule has 1 saturated carbocycles.